The zero-order valence-electron chi connectivity index (χ0n) is 13.5. The topological polar surface area (TPSA) is 38.8 Å². The molecular weight excluding hydrogens is 290 g/mol. The van der Waals surface area contributed by atoms with Crippen LogP contribution >= 0.6 is 0 Å². The zero-order valence-corrected chi connectivity index (χ0v) is 13.5. The van der Waals surface area contributed by atoms with Crippen LogP contribution in [0.3, 0.4) is 0 Å². The number of benzene rings is 2. The Hall–Kier alpha value is -2.49. The summed E-state index contributed by atoms with van der Waals surface area (Å²) in [5.41, 5.74) is 2.23. The van der Waals surface area contributed by atoms with E-state index < -0.39 is 0 Å². The van der Waals surface area contributed by atoms with E-state index in [1.807, 2.05) is 41.3 Å². The van der Waals surface area contributed by atoms with Gasteiger partial charge in [0.1, 0.15) is 0 Å². The third-order valence-electron chi connectivity index (χ3n) is 4.27. The zero-order chi connectivity index (χ0) is 16.2. The van der Waals surface area contributed by atoms with Gasteiger partial charge in [-0.05, 0) is 36.1 Å². The van der Waals surface area contributed by atoms with Crippen LogP contribution in [0.4, 0.5) is 5.69 Å². The standard InChI is InChI=1S/C19H21NO3/c1-14-11-12-20(16-8-4-3-7-15(14)16)19(21)13-23-18-10-6-5-9-17(18)22-2/h3-10,14H,11-13H2,1-2H3. The summed E-state index contributed by atoms with van der Waals surface area (Å²) in [5.74, 6) is 1.66. The van der Waals surface area contributed by atoms with Crippen LogP contribution in [0.5, 0.6) is 11.5 Å². The second-order valence-corrected chi connectivity index (χ2v) is 5.73. The molecule has 4 nitrogen and oxygen atoms in total. The van der Waals surface area contributed by atoms with Crippen molar-refractivity contribution in [2.45, 2.75) is 19.3 Å². The van der Waals surface area contributed by atoms with Gasteiger partial charge in [-0.25, -0.2) is 0 Å². The van der Waals surface area contributed by atoms with Gasteiger partial charge in [0.05, 0.1) is 7.11 Å². The smallest absolute Gasteiger partial charge is 0.264 e. The molecule has 0 bridgehead atoms. The Morgan fingerprint density at radius 3 is 2.61 bits per heavy atom. The predicted molar refractivity (Wildman–Crippen MR) is 90.3 cm³/mol. The molecule has 1 atom stereocenters. The molecule has 2 aromatic rings. The molecule has 0 N–H and O–H groups in total. The van der Waals surface area contributed by atoms with Crippen LogP contribution in [0.15, 0.2) is 48.5 Å². The van der Waals surface area contributed by atoms with E-state index in [0.29, 0.717) is 17.4 Å². The molecule has 3 rings (SSSR count). The van der Waals surface area contributed by atoms with Gasteiger partial charge in [-0.15, -0.1) is 0 Å². The maximum atomic E-state index is 12.6. The van der Waals surface area contributed by atoms with E-state index in [0.717, 1.165) is 18.7 Å². The summed E-state index contributed by atoms with van der Waals surface area (Å²) in [6.45, 7) is 2.93. The lowest BCUT2D eigenvalue weighted by molar-refractivity contribution is -0.120. The maximum absolute atomic E-state index is 12.6. The van der Waals surface area contributed by atoms with E-state index in [-0.39, 0.29) is 12.5 Å². The maximum Gasteiger partial charge on any atom is 0.264 e. The first-order valence-electron chi connectivity index (χ1n) is 7.86. The van der Waals surface area contributed by atoms with Crippen molar-refractivity contribution in [1.29, 1.82) is 0 Å². The largest absolute Gasteiger partial charge is 0.493 e. The number of nitrogens with zero attached hydrogens (tertiary/aromatic N) is 1. The number of carbonyl (C=O) groups excluding carboxylic acids is 1. The fourth-order valence-corrected chi connectivity index (χ4v) is 2.96. The normalized spacial score (nSPS) is 16.6. The van der Waals surface area contributed by atoms with E-state index in [2.05, 4.69) is 13.0 Å². The van der Waals surface area contributed by atoms with Crippen molar-refractivity contribution in [3.63, 3.8) is 0 Å². The fraction of sp³-hybridized carbons (Fsp3) is 0.316. The SMILES string of the molecule is COc1ccccc1OCC(=O)N1CCC(C)c2ccccc21. The number of para-hydroxylation sites is 3. The summed E-state index contributed by atoms with van der Waals surface area (Å²) >= 11 is 0. The van der Waals surface area contributed by atoms with Crippen molar-refractivity contribution in [3.8, 4) is 11.5 Å². The quantitative estimate of drug-likeness (QED) is 0.866. The van der Waals surface area contributed by atoms with E-state index in [9.17, 15) is 4.79 Å². The number of hydrogen-bond acceptors (Lipinski definition) is 3. The van der Waals surface area contributed by atoms with Crippen molar-refractivity contribution >= 4 is 11.6 Å². The molecular formula is C19H21NO3. The van der Waals surface area contributed by atoms with E-state index in [1.54, 1.807) is 13.2 Å². The van der Waals surface area contributed by atoms with Gasteiger partial charge < -0.3 is 14.4 Å². The summed E-state index contributed by atoms with van der Waals surface area (Å²) < 4.78 is 10.9. The molecule has 1 aliphatic rings. The number of carbonyl (C=O) groups is 1. The van der Waals surface area contributed by atoms with Crippen molar-refractivity contribution in [2.24, 2.45) is 0 Å². The minimum atomic E-state index is -0.0322. The van der Waals surface area contributed by atoms with Crippen LogP contribution in [0.2, 0.25) is 0 Å². The Morgan fingerprint density at radius 1 is 1.13 bits per heavy atom. The van der Waals surface area contributed by atoms with Crippen LogP contribution in [-0.4, -0.2) is 26.2 Å². The Kier molecular flexibility index (Phi) is 4.51. The third-order valence-corrected chi connectivity index (χ3v) is 4.27. The van der Waals surface area contributed by atoms with Gasteiger partial charge >= 0.3 is 0 Å². The molecule has 0 radical (unpaired) electrons. The molecule has 0 spiro atoms. The first-order valence-corrected chi connectivity index (χ1v) is 7.86. The van der Waals surface area contributed by atoms with Crippen LogP contribution in [0, 0.1) is 0 Å². The lowest BCUT2D eigenvalue weighted by Gasteiger charge is -2.32. The number of fused-ring (bicyclic) bond motifs is 1. The van der Waals surface area contributed by atoms with Crippen molar-refractivity contribution in [1.82, 2.24) is 0 Å². The number of ether oxygens (including phenoxy) is 2. The second-order valence-electron chi connectivity index (χ2n) is 5.73. The predicted octanol–water partition coefficient (Wildman–Crippen LogP) is 3.61. The Morgan fingerprint density at radius 2 is 1.83 bits per heavy atom. The molecule has 0 fully saturated rings. The summed E-state index contributed by atoms with van der Waals surface area (Å²) in [5, 5.41) is 0. The Labute approximate surface area is 136 Å². The molecule has 1 aliphatic heterocycles. The number of anilines is 1. The number of rotatable bonds is 4. The monoisotopic (exact) mass is 311 g/mol. The fourth-order valence-electron chi connectivity index (χ4n) is 2.96. The average Bonchev–Trinajstić information content (AvgIpc) is 2.60. The lowest BCUT2D eigenvalue weighted by Crippen LogP contribution is -2.39. The second kappa shape index (κ2) is 6.73. The first kappa shape index (κ1) is 15.4. The van der Waals surface area contributed by atoms with Crippen LogP contribution < -0.4 is 14.4 Å². The lowest BCUT2D eigenvalue weighted by atomic mass is 9.91. The van der Waals surface area contributed by atoms with Gasteiger partial charge in [-0.1, -0.05) is 37.3 Å². The van der Waals surface area contributed by atoms with Crippen LogP contribution in [-0.2, 0) is 4.79 Å². The Balaban J connectivity index is 1.73. The van der Waals surface area contributed by atoms with Crippen LogP contribution in [0.1, 0.15) is 24.8 Å². The number of methoxy groups -OCH3 is 1. The molecule has 1 amide bonds. The number of amides is 1. The van der Waals surface area contributed by atoms with Gasteiger partial charge in [0, 0.05) is 12.2 Å². The third kappa shape index (κ3) is 3.16. The number of hydrogen-bond donors (Lipinski definition) is 0. The van der Waals surface area contributed by atoms with Gasteiger partial charge in [-0.3, -0.25) is 4.79 Å². The van der Waals surface area contributed by atoms with Crippen molar-refractivity contribution < 1.29 is 14.3 Å². The molecule has 120 valence electrons. The minimum absolute atomic E-state index is 0.00306. The summed E-state index contributed by atoms with van der Waals surface area (Å²) in [6.07, 6.45) is 0.970. The molecule has 1 unspecified atom stereocenters. The highest BCUT2D eigenvalue weighted by atomic mass is 16.5. The molecule has 2 aromatic carbocycles. The van der Waals surface area contributed by atoms with E-state index in [1.165, 1.54) is 5.56 Å². The summed E-state index contributed by atoms with van der Waals surface area (Å²) in [6, 6.07) is 15.4. The minimum Gasteiger partial charge on any atom is -0.493 e. The van der Waals surface area contributed by atoms with Crippen molar-refractivity contribution in [3.05, 3.63) is 54.1 Å². The average molecular weight is 311 g/mol. The first-order chi connectivity index (χ1) is 11.2. The molecule has 0 saturated heterocycles. The highest BCUT2D eigenvalue weighted by molar-refractivity contribution is 5.95. The Bertz CT molecular complexity index is 699. The highest BCUT2D eigenvalue weighted by Crippen LogP contribution is 2.35. The van der Waals surface area contributed by atoms with E-state index >= 15 is 0 Å². The summed E-state index contributed by atoms with van der Waals surface area (Å²) in [7, 11) is 1.59. The molecule has 0 aliphatic carbocycles. The van der Waals surface area contributed by atoms with Gasteiger partial charge in [0.15, 0.2) is 18.1 Å². The van der Waals surface area contributed by atoms with Crippen LogP contribution in [0.25, 0.3) is 0 Å². The summed E-state index contributed by atoms with van der Waals surface area (Å²) in [4.78, 5) is 14.4. The van der Waals surface area contributed by atoms with Crippen molar-refractivity contribution in [2.75, 3.05) is 25.2 Å². The van der Waals surface area contributed by atoms with Gasteiger partial charge in [0.25, 0.3) is 5.91 Å². The van der Waals surface area contributed by atoms with E-state index in [4.69, 9.17) is 9.47 Å². The molecule has 23 heavy (non-hydrogen) atoms. The van der Waals surface area contributed by atoms with Gasteiger partial charge in [-0.2, -0.15) is 0 Å². The van der Waals surface area contributed by atoms with Gasteiger partial charge in [0.2, 0.25) is 0 Å². The molecule has 1 heterocycles. The molecule has 0 aromatic heterocycles. The molecule has 0 saturated carbocycles. The molecule has 4 heteroatoms. The highest BCUT2D eigenvalue weighted by Gasteiger charge is 2.26.